The van der Waals surface area contributed by atoms with Crippen molar-refractivity contribution in [2.24, 2.45) is 0 Å². The highest BCUT2D eigenvalue weighted by atomic mass is 16.5. The van der Waals surface area contributed by atoms with Gasteiger partial charge in [0.25, 0.3) is 0 Å². The topological polar surface area (TPSA) is 38.1 Å². The van der Waals surface area contributed by atoms with Crippen LogP contribution in [0, 0.1) is 0 Å². The SMILES string of the molecule is CCCCNCc1noc2ccccc12. The largest absolute Gasteiger partial charge is 0.356 e. The van der Waals surface area contributed by atoms with Crippen molar-refractivity contribution in [2.75, 3.05) is 6.54 Å². The van der Waals surface area contributed by atoms with Crippen LogP contribution in [-0.4, -0.2) is 11.7 Å². The van der Waals surface area contributed by atoms with Crippen LogP contribution in [0.1, 0.15) is 25.5 Å². The Morgan fingerprint density at radius 1 is 1.33 bits per heavy atom. The first-order valence-corrected chi connectivity index (χ1v) is 5.46. The van der Waals surface area contributed by atoms with E-state index in [9.17, 15) is 0 Å². The van der Waals surface area contributed by atoms with Gasteiger partial charge in [0.05, 0.1) is 0 Å². The van der Waals surface area contributed by atoms with E-state index in [0.717, 1.165) is 29.8 Å². The van der Waals surface area contributed by atoms with Gasteiger partial charge < -0.3 is 9.84 Å². The van der Waals surface area contributed by atoms with Crippen LogP contribution in [0.25, 0.3) is 11.0 Å². The predicted octanol–water partition coefficient (Wildman–Crippen LogP) is 2.72. The molecule has 0 aliphatic heterocycles. The molecule has 0 saturated heterocycles. The van der Waals surface area contributed by atoms with Crippen LogP contribution < -0.4 is 5.32 Å². The summed E-state index contributed by atoms with van der Waals surface area (Å²) in [5.41, 5.74) is 1.87. The fourth-order valence-electron chi connectivity index (χ4n) is 1.57. The molecule has 0 saturated carbocycles. The van der Waals surface area contributed by atoms with E-state index in [0.29, 0.717) is 0 Å². The second kappa shape index (κ2) is 4.94. The Balaban J connectivity index is 2.02. The Morgan fingerprint density at radius 3 is 3.07 bits per heavy atom. The predicted molar refractivity (Wildman–Crippen MR) is 60.6 cm³/mol. The average Bonchev–Trinajstić information content (AvgIpc) is 2.68. The lowest BCUT2D eigenvalue weighted by Gasteiger charge is -1.99. The lowest BCUT2D eigenvalue weighted by molar-refractivity contribution is 0.441. The summed E-state index contributed by atoms with van der Waals surface area (Å²) in [6.07, 6.45) is 2.42. The van der Waals surface area contributed by atoms with Gasteiger partial charge in [-0.25, -0.2) is 0 Å². The lowest BCUT2D eigenvalue weighted by Crippen LogP contribution is -2.14. The van der Waals surface area contributed by atoms with Crippen LogP contribution in [0.5, 0.6) is 0 Å². The van der Waals surface area contributed by atoms with Crippen molar-refractivity contribution in [3.63, 3.8) is 0 Å². The van der Waals surface area contributed by atoms with E-state index in [2.05, 4.69) is 17.4 Å². The molecule has 1 N–H and O–H groups in total. The highest BCUT2D eigenvalue weighted by Crippen LogP contribution is 2.17. The molecule has 0 amide bonds. The maximum absolute atomic E-state index is 5.22. The van der Waals surface area contributed by atoms with Crippen LogP contribution in [0.15, 0.2) is 28.8 Å². The smallest absolute Gasteiger partial charge is 0.167 e. The number of para-hydroxylation sites is 1. The first-order chi connectivity index (χ1) is 7.42. The Bertz CT molecular complexity index is 422. The van der Waals surface area contributed by atoms with Gasteiger partial charge in [0.1, 0.15) is 5.69 Å². The minimum absolute atomic E-state index is 0.789. The van der Waals surface area contributed by atoms with Gasteiger partial charge in [-0.1, -0.05) is 30.6 Å². The van der Waals surface area contributed by atoms with Gasteiger partial charge in [-0.2, -0.15) is 0 Å². The molecule has 0 atom stereocenters. The zero-order valence-electron chi connectivity index (χ0n) is 8.99. The quantitative estimate of drug-likeness (QED) is 0.761. The molecule has 1 heterocycles. The third-order valence-electron chi connectivity index (χ3n) is 2.45. The number of fused-ring (bicyclic) bond motifs is 1. The van der Waals surface area contributed by atoms with Crippen LogP contribution in [-0.2, 0) is 6.54 Å². The molecule has 15 heavy (non-hydrogen) atoms. The van der Waals surface area contributed by atoms with Gasteiger partial charge in [0.2, 0.25) is 0 Å². The molecule has 0 unspecified atom stereocenters. The standard InChI is InChI=1S/C12H16N2O/c1-2-3-8-13-9-11-10-6-4-5-7-12(10)15-14-11/h4-7,13H,2-3,8-9H2,1H3. The summed E-state index contributed by atoms with van der Waals surface area (Å²) in [7, 11) is 0. The van der Waals surface area contributed by atoms with E-state index in [-0.39, 0.29) is 0 Å². The monoisotopic (exact) mass is 204 g/mol. The second-order valence-corrected chi connectivity index (χ2v) is 3.66. The van der Waals surface area contributed by atoms with Crippen molar-refractivity contribution in [1.82, 2.24) is 10.5 Å². The second-order valence-electron chi connectivity index (χ2n) is 3.66. The molecule has 0 bridgehead atoms. The highest BCUT2D eigenvalue weighted by molar-refractivity contribution is 5.79. The minimum atomic E-state index is 0.789. The van der Waals surface area contributed by atoms with Crippen molar-refractivity contribution >= 4 is 11.0 Å². The fourth-order valence-corrected chi connectivity index (χ4v) is 1.57. The zero-order valence-corrected chi connectivity index (χ0v) is 8.99. The summed E-state index contributed by atoms with van der Waals surface area (Å²) in [6.45, 7) is 4.02. The number of aromatic nitrogens is 1. The zero-order chi connectivity index (χ0) is 10.5. The average molecular weight is 204 g/mol. The number of hydrogen-bond donors (Lipinski definition) is 1. The summed E-state index contributed by atoms with van der Waals surface area (Å²) in [6, 6.07) is 7.96. The number of unbranched alkanes of at least 4 members (excludes halogenated alkanes) is 1. The van der Waals surface area contributed by atoms with Gasteiger partial charge in [0, 0.05) is 11.9 Å². The van der Waals surface area contributed by atoms with E-state index in [4.69, 9.17) is 4.52 Å². The molecule has 2 aromatic rings. The Kier molecular flexibility index (Phi) is 3.35. The number of hydrogen-bond acceptors (Lipinski definition) is 3. The molecule has 0 fully saturated rings. The van der Waals surface area contributed by atoms with E-state index in [1.165, 1.54) is 12.8 Å². The van der Waals surface area contributed by atoms with Gasteiger partial charge in [-0.15, -0.1) is 0 Å². The number of benzene rings is 1. The van der Waals surface area contributed by atoms with Crippen LogP contribution in [0.3, 0.4) is 0 Å². The summed E-state index contributed by atoms with van der Waals surface area (Å²) in [4.78, 5) is 0. The molecule has 1 aromatic carbocycles. The van der Waals surface area contributed by atoms with Crippen molar-refractivity contribution < 1.29 is 4.52 Å². The van der Waals surface area contributed by atoms with Gasteiger partial charge >= 0.3 is 0 Å². The third kappa shape index (κ3) is 2.36. The number of nitrogens with one attached hydrogen (secondary N) is 1. The Hall–Kier alpha value is -1.35. The van der Waals surface area contributed by atoms with Gasteiger partial charge in [0.15, 0.2) is 5.58 Å². The third-order valence-corrected chi connectivity index (χ3v) is 2.45. The molecule has 80 valence electrons. The molecule has 3 heteroatoms. The lowest BCUT2D eigenvalue weighted by atomic mass is 10.2. The van der Waals surface area contributed by atoms with E-state index < -0.39 is 0 Å². The van der Waals surface area contributed by atoms with Crippen molar-refractivity contribution in [3.8, 4) is 0 Å². The maximum atomic E-state index is 5.22. The summed E-state index contributed by atoms with van der Waals surface area (Å²) >= 11 is 0. The van der Waals surface area contributed by atoms with Gasteiger partial charge in [-0.05, 0) is 25.1 Å². The van der Waals surface area contributed by atoms with Crippen molar-refractivity contribution in [1.29, 1.82) is 0 Å². The molecule has 3 nitrogen and oxygen atoms in total. The number of rotatable bonds is 5. The first-order valence-electron chi connectivity index (χ1n) is 5.46. The fraction of sp³-hybridized carbons (Fsp3) is 0.417. The normalized spacial score (nSPS) is 11.0. The van der Waals surface area contributed by atoms with Crippen LogP contribution >= 0.6 is 0 Å². The molecule has 0 aliphatic rings. The maximum Gasteiger partial charge on any atom is 0.167 e. The summed E-state index contributed by atoms with van der Waals surface area (Å²) in [5.74, 6) is 0. The molecular formula is C12H16N2O. The molecular weight excluding hydrogens is 188 g/mol. The highest BCUT2D eigenvalue weighted by Gasteiger charge is 2.05. The van der Waals surface area contributed by atoms with Crippen LogP contribution in [0.2, 0.25) is 0 Å². The molecule has 1 aromatic heterocycles. The first kappa shape index (κ1) is 10.2. The summed E-state index contributed by atoms with van der Waals surface area (Å²) < 4.78 is 5.22. The van der Waals surface area contributed by atoms with Crippen molar-refractivity contribution in [2.45, 2.75) is 26.3 Å². The van der Waals surface area contributed by atoms with E-state index >= 15 is 0 Å². The Morgan fingerprint density at radius 2 is 2.20 bits per heavy atom. The molecule has 0 aliphatic carbocycles. The van der Waals surface area contributed by atoms with Gasteiger partial charge in [-0.3, -0.25) is 0 Å². The van der Waals surface area contributed by atoms with E-state index in [1.807, 2.05) is 24.3 Å². The summed E-state index contributed by atoms with van der Waals surface area (Å²) in [5, 5.41) is 8.53. The van der Waals surface area contributed by atoms with Crippen molar-refractivity contribution in [3.05, 3.63) is 30.0 Å². The molecule has 2 rings (SSSR count). The Labute approximate surface area is 89.5 Å². The number of nitrogens with zero attached hydrogens (tertiary/aromatic N) is 1. The molecule has 0 spiro atoms. The minimum Gasteiger partial charge on any atom is -0.356 e. The molecule has 0 radical (unpaired) electrons. The van der Waals surface area contributed by atoms with E-state index in [1.54, 1.807) is 0 Å². The van der Waals surface area contributed by atoms with Crippen LogP contribution in [0.4, 0.5) is 0 Å².